The van der Waals surface area contributed by atoms with Crippen LogP contribution in [-0.2, 0) is 10.2 Å². The minimum atomic E-state index is -0.569. The molecule has 0 aliphatic rings. The van der Waals surface area contributed by atoms with E-state index in [-0.39, 0.29) is 11.3 Å². The predicted molar refractivity (Wildman–Crippen MR) is 106 cm³/mol. The number of hydrogen-bond donors (Lipinski definition) is 1. The summed E-state index contributed by atoms with van der Waals surface area (Å²) in [7, 11) is 1.59. The van der Waals surface area contributed by atoms with Gasteiger partial charge in [-0.05, 0) is 54.2 Å². The fraction of sp³-hybridized carbons (Fsp3) is 0.409. The van der Waals surface area contributed by atoms with E-state index in [0.717, 1.165) is 5.56 Å². The number of anilines is 1. The highest BCUT2D eigenvalue weighted by Crippen LogP contribution is 2.27. The van der Waals surface area contributed by atoms with Crippen molar-refractivity contribution in [2.24, 2.45) is 0 Å². The van der Waals surface area contributed by atoms with E-state index in [1.165, 1.54) is 5.56 Å². The number of amides is 1. The van der Waals surface area contributed by atoms with Crippen LogP contribution in [0.15, 0.2) is 42.5 Å². The predicted octanol–water partition coefficient (Wildman–Crippen LogP) is 5.10. The van der Waals surface area contributed by atoms with Gasteiger partial charge in [0.1, 0.15) is 11.5 Å². The molecule has 2 aromatic rings. The molecule has 0 heterocycles. The second-order valence-corrected chi connectivity index (χ2v) is 7.48. The fourth-order valence-electron chi connectivity index (χ4n) is 2.65. The summed E-state index contributed by atoms with van der Waals surface area (Å²) in [5, 5.41) is 2.92. The third-order valence-corrected chi connectivity index (χ3v) is 4.27. The lowest BCUT2D eigenvalue weighted by Gasteiger charge is -2.21. The Morgan fingerprint density at radius 2 is 1.77 bits per heavy atom. The zero-order valence-corrected chi connectivity index (χ0v) is 16.6. The molecule has 0 fully saturated rings. The van der Waals surface area contributed by atoms with Crippen molar-refractivity contribution in [3.63, 3.8) is 0 Å². The van der Waals surface area contributed by atoms with Crippen molar-refractivity contribution in [3.8, 4) is 11.5 Å². The first-order valence-corrected chi connectivity index (χ1v) is 8.97. The smallest absolute Gasteiger partial charge is 0.265 e. The number of rotatable bonds is 6. The van der Waals surface area contributed by atoms with Gasteiger partial charge in [-0.3, -0.25) is 4.79 Å². The van der Waals surface area contributed by atoms with Gasteiger partial charge in [0.25, 0.3) is 5.91 Å². The molecule has 1 N–H and O–H groups in total. The summed E-state index contributed by atoms with van der Waals surface area (Å²) in [5.74, 6) is 1.14. The Labute approximate surface area is 156 Å². The van der Waals surface area contributed by atoms with Crippen LogP contribution in [0.4, 0.5) is 5.69 Å². The number of benzene rings is 2. The highest BCUT2D eigenvalue weighted by atomic mass is 16.5. The summed E-state index contributed by atoms with van der Waals surface area (Å²) >= 11 is 0. The molecule has 2 aromatic carbocycles. The van der Waals surface area contributed by atoms with Gasteiger partial charge in [0, 0.05) is 0 Å². The van der Waals surface area contributed by atoms with Crippen LogP contribution in [0.1, 0.15) is 45.2 Å². The van der Waals surface area contributed by atoms with E-state index in [9.17, 15) is 4.79 Å². The minimum absolute atomic E-state index is 0.0851. The van der Waals surface area contributed by atoms with E-state index in [4.69, 9.17) is 9.47 Å². The Balaban J connectivity index is 2.11. The quantitative estimate of drug-likeness (QED) is 0.784. The van der Waals surface area contributed by atoms with Gasteiger partial charge in [-0.2, -0.15) is 0 Å². The summed E-state index contributed by atoms with van der Waals surface area (Å²) in [5.41, 5.74) is 3.02. The lowest BCUT2D eigenvalue weighted by Crippen LogP contribution is -2.32. The van der Waals surface area contributed by atoms with Crippen LogP contribution in [0.3, 0.4) is 0 Å². The maximum Gasteiger partial charge on any atom is 0.265 e. The molecule has 26 heavy (non-hydrogen) atoms. The third kappa shape index (κ3) is 5.01. The fourth-order valence-corrected chi connectivity index (χ4v) is 2.65. The van der Waals surface area contributed by atoms with Gasteiger partial charge in [-0.1, -0.05) is 45.9 Å². The second-order valence-electron chi connectivity index (χ2n) is 7.48. The first kappa shape index (κ1) is 19.8. The molecular weight excluding hydrogens is 326 g/mol. The van der Waals surface area contributed by atoms with Crippen molar-refractivity contribution < 1.29 is 14.3 Å². The van der Waals surface area contributed by atoms with Gasteiger partial charge >= 0.3 is 0 Å². The van der Waals surface area contributed by atoms with Crippen molar-refractivity contribution in [1.29, 1.82) is 0 Å². The zero-order valence-electron chi connectivity index (χ0n) is 16.6. The normalized spacial score (nSPS) is 12.4. The summed E-state index contributed by atoms with van der Waals surface area (Å²) in [6.07, 6.45) is 0.00163. The molecule has 140 valence electrons. The van der Waals surface area contributed by atoms with E-state index in [1.54, 1.807) is 7.11 Å². The Morgan fingerprint density at radius 1 is 1.12 bits per heavy atom. The number of aryl methyl sites for hydroxylation is 1. The summed E-state index contributed by atoms with van der Waals surface area (Å²) in [6.45, 7) is 10.4. The highest BCUT2D eigenvalue weighted by molar-refractivity contribution is 5.95. The van der Waals surface area contributed by atoms with Gasteiger partial charge in [0.2, 0.25) is 0 Å². The molecule has 0 radical (unpaired) electrons. The molecule has 4 heteroatoms. The van der Waals surface area contributed by atoms with Crippen LogP contribution in [0.2, 0.25) is 0 Å². The topological polar surface area (TPSA) is 47.6 Å². The maximum atomic E-state index is 12.7. The summed E-state index contributed by atoms with van der Waals surface area (Å²) < 4.78 is 11.2. The van der Waals surface area contributed by atoms with Crippen molar-refractivity contribution in [2.75, 3.05) is 12.4 Å². The third-order valence-electron chi connectivity index (χ3n) is 4.27. The molecule has 1 amide bonds. The summed E-state index contributed by atoms with van der Waals surface area (Å²) in [4.78, 5) is 12.7. The molecule has 0 aliphatic heterocycles. The SMILES string of the molecule is CCC(Oc1ccc(C(C)(C)C)cc1)C(=O)Nc1cc(C)ccc1OC. The lowest BCUT2D eigenvalue weighted by atomic mass is 9.87. The first-order valence-electron chi connectivity index (χ1n) is 8.97. The monoisotopic (exact) mass is 355 g/mol. The van der Waals surface area contributed by atoms with Crippen LogP contribution in [0, 0.1) is 6.92 Å². The molecule has 2 rings (SSSR count). The Kier molecular flexibility index (Phi) is 6.30. The number of carbonyl (C=O) groups is 1. The van der Waals surface area contributed by atoms with Crippen molar-refractivity contribution in [1.82, 2.24) is 0 Å². The standard InChI is InChI=1S/C22H29NO3/c1-7-19(26-17-11-9-16(10-12-17)22(3,4)5)21(24)23-18-14-15(2)8-13-20(18)25-6/h8-14,19H,7H2,1-6H3,(H,23,24). The number of carbonyl (C=O) groups excluding carboxylic acids is 1. The average molecular weight is 355 g/mol. The first-order chi connectivity index (χ1) is 12.2. The van der Waals surface area contributed by atoms with E-state index < -0.39 is 6.10 Å². The van der Waals surface area contributed by atoms with E-state index in [1.807, 2.05) is 56.3 Å². The Bertz CT molecular complexity index is 745. The molecule has 1 atom stereocenters. The van der Waals surface area contributed by atoms with Crippen molar-refractivity contribution >= 4 is 11.6 Å². The molecule has 0 bridgehead atoms. The van der Waals surface area contributed by atoms with Crippen LogP contribution in [-0.4, -0.2) is 19.1 Å². The van der Waals surface area contributed by atoms with Crippen LogP contribution in [0.5, 0.6) is 11.5 Å². The molecule has 4 nitrogen and oxygen atoms in total. The minimum Gasteiger partial charge on any atom is -0.495 e. The largest absolute Gasteiger partial charge is 0.495 e. The van der Waals surface area contributed by atoms with Crippen LogP contribution < -0.4 is 14.8 Å². The maximum absolute atomic E-state index is 12.7. The van der Waals surface area contributed by atoms with E-state index >= 15 is 0 Å². The second kappa shape index (κ2) is 8.26. The van der Waals surface area contributed by atoms with Gasteiger partial charge in [-0.15, -0.1) is 0 Å². The van der Waals surface area contributed by atoms with E-state index in [2.05, 4.69) is 26.1 Å². The van der Waals surface area contributed by atoms with Gasteiger partial charge in [0.05, 0.1) is 12.8 Å². The molecule has 1 unspecified atom stereocenters. The van der Waals surface area contributed by atoms with Crippen LogP contribution in [0.25, 0.3) is 0 Å². The van der Waals surface area contributed by atoms with Crippen molar-refractivity contribution in [3.05, 3.63) is 53.6 Å². The number of methoxy groups -OCH3 is 1. The number of nitrogens with one attached hydrogen (secondary N) is 1. The van der Waals surface area contributed by atoms with Gasteiger partial charge in [0.15, 0.2) is 6.10 Å². The highest BCUT2D eigenvalue weighted by Gasteiger charge is 2.20. The summed E-state index contributed by atoms with van der Waals surface area (Å²) in [6, 6.07) is 13.6. The Hall–Kier alpha value is -2.49. The zero-order chi connectivity index (χ0) is 19.3. The van der Waals surface area contributed by atoms with Crippen molar-refractivity contribution in [2.45, 2.75) is 52.6 Å². The number of ether oxygens (including phenoxy) is 2. The van der Waals surface area contributed by atoms with Crippen LogP contribution >= 0.6 is 0 Å². The molecular formula is C22H29NO3. The van der Waals surface area contributed by atoms with Gasteiger partial charge < -0.3 is 14.8 Å². The van der Waals surface area contributed by atoms with E-state index in [0.29, 0.717) is 23.6 Å². The number of hydrogen-bond acceptors (Lipinski definition) is 3. The molecule has 0 saturated heterocycles. The Morgan fingerprint density at radius 3 is 2.31 bits per heavy atom. The average Bonchev–Trinajstić information content (AvgIpc) is 2.59. The molecule has 0 spiro atoms. The molecule has 0 aromatic heterocycles. The molecule has 0 saturated carbocycles. The molecule has 0 aliphatic carbocycles. The van der Waals surface area contributed by atoms with Gasteiger partial charge in [-0.25, -0.2) is 0 Å². The lowest BCUT2D eigenvalue weighted by molar-refractivity contribution is -0.122.